The van der Waals surface area contributed by atoms with E-state index >= 15 is 0 Å². The van der Waals surface area contributed by atoms with Crippen molar-refractivity contribution < 1.29 is 4.79 Å². The molecule has 0 aromatic carbocycles. The van der Waals surface area contributed by atoms with Gasteiger partial charge in [-0.15, -0.1) is 0 Å². The summed E-state index contributed by atoms with van der Waals surface area (Å²) in [6.07, 6.45) is 4.01. The summed E-state index contributed by atoms with van der Waals surface area (Å²) in [7, 11) is 0. The number of rotatable bonds is 4. The molecule has 4 nitrogen and oxygen atoms in total. The van der Waals surface area contributed by atoms with Gasteiger partial charge in [0, 0.05) is 32.3 Å². The maximum atomic E-state index is 10.3. The van der Waals surface area contributed by atoms with E-state index in [1.54, 1.807) is 12.4 Å². The van der Waals surface area contributed by atoms with E-state index in [9.17, 15) is 4.79 Å². The van der Waals surface area contributed by atoms with Crippen LogP contribution in [0.15, 0.2) is 10.1 Å². The van der Waals surface area contributed by atoms with Crippen LogP contribution < -0.4 is 5.43 Å². The van der Waals surface area contributed by atoms with Crippen LogP contribution in [0.5, 0.6) is 0 Å². The Bertz CT molecular complexity index is 163. The van der Waals surface area contributed by atoms with E-state index in [1.807, 2.05) is 6.92 Å². The standard InChI is InChI=1S/C7H13N3O/c1-3-8-5-4-6-9-10-7(2)11/h5-6H,3-4H2,1-2H3,(H,10,11)/b8-5?,9-6-. The predicted octanol–water partition coefficient (Wildman–Crippen LogP) is 0.589. The molecule has 62 valence electrons. The first-order chi connectivity index (χ1) is 5.27. The molecule has 0 saturated carbocycles. The molecular formula is C7H13N3O. The topological polar surface area (TPSA) is 53.8 Å². The molecule has 0 aliphatic rings. The van der Waals surface area contributed by atoms with Crippen molar-refractivity contribution in [2.45, 2.75) is 20.3 Å². The summed E-state index contributed by atoms with van der Waals surface area (Å²) >= 11 is 0. The molecule has 1 amide bonds. The van der Waals surface area contributed by atoms with E-state index in [0.29, 0.717) is 6.42 Å². The van der Waals surface area contributed by atoms with Gasteiger partial charge in [-0.25, -0.2) is 5.43 Å². The monoisotopic (exact) mass is 155 g/mol. The van der Waals surface area contributed by atoms with Crippen molar-refractivity contribution in [3.63, 3.8) is 0 Å². The molecule has 0 aliphatic carbocycles. The zero-order chi connectivity index (χ0) is 8.53. The summed E-state index contributed by atoms with van der Waals surface area (Å²) in [6, 6.07) is 0. The molecule has 11 heavy (non-hydrogen) atoms. The Balaban J connectivity index is 3.30. The molecule has 0 heterocycles. The molecule has 0 radical (unpaired) electrons. The summed E-state index contributed by atoms with van der Waals surface area (Å²) < 4.78 is 0. The Hall–Kier alpha value is -1.19. The first kappa shape index (κ1) is 9.81. The molecule has 0 aliphatic heterocycles. The van der Waals surface area contributed by atoms with Crippen LogP contribution in [-0.2, 0) is 4.79 Å². The minimum Gasteiger partial charge on any atom is -0.297 e. The van der Waals surface area contributed by atoms with Crippen molar-refractivity contribution in [1.29, 1.82) is 0 Å². The number of nitrogens with one attached hydrogen (secondary N) is 1. The van der Waals surface area contributed by atoms with E-state index in [-0.39, 0.29) is 5.91 Å². The first-order valence-corrected chi connectivity index (χ1v) is 3.53. The SMILES string of the molecule is CCN=CC/C=N\NC(C)=O. The van der Waals surface area contributed by atoms with Gasteiger partial charge in [0.05, 0.1) is 0 Å². The van der Waals surface area contributed by atoms with Crippen LogP contribution in [0.2, 0.25) is 0 Å². The predicted molar refractivity (Wildman–Crippen MR) is 46.0 cm³/mol. The number of carbonyl (C=O) groups is 1. The lowest BCUT2D eigenvalue weighted by Crippen LogP contribution is -2.12. The van der Waals surface area contributed by atoms with E-state index in [2.05, 4.69) is 15.5 Å². The molecule has 0 atom stereocenters. The average molecular weight is 155 g/mol. The molecule has 4 heteroatoms. The first-order valence-electron chi connectivity index (χ1n) is 3.53. The van der Waals surface area contributed by atoms with Crippen LogP contribution in [0.4, 0.5) is 0 Å². The van der Waals surface area contributed by atoms with Crippen LogP contribution in [0.1, 0.15) is 20.3 Å². The third-order valence-corrected chi connectivity index (χ3v) is 0.836. The van der Waals surface area contributed by atoms with Crippen molar-refractivity contribution in [3.8, 4) is 0 Å². The van der Waals surface area contributed by atoms with Crippen LogP contribution in [0.25, 0.3) is 0 Å². The molecule has 0 rings (SSSR count). The van der Waals surface area contributed by atoms with Gasteiger partial charge in [0.15, 0.2) is 0 Å². The lowest BCUT2D eigenvalue weighted by molar-refractivity contribution is -0.118. The average Bonchev–Trinajstić information content (AvgIpc) is 1.96. The summed E-state index contributed by atoms with van der Waals surface area (Å²) in [5.74, 6) is -0.159. The van der Waals surface area contributed by atoms with E-state index in [0.717, 1.165) is 6.54 Å². The largest absolute Gasteiger partial charge is 0.297 e. The molecule has 0 saturated heterocycles. The third kappa shape index (κ3) is 8.81. The smallest absolute Gasteiger partial charge is 0.236 e. The van der Waals surface area contributed by atoms with Gasteiger partial charge in [0.25, 0.3) is 0 Å². The van der Waals surface area contributed by atoms with Gasteiger partial charge >= 0.3 is 0 Å². The number of amides is 1. The molecule has 0 fully saturated rings. The minimum absolute atomic E-state index is 0.159. The van der Waals surface area contributed by atoms with Gasteiger partial charge in [-0.2, -0.15) is 5.10 Å². The van der Waals surface area contributed by atoms with E-state index < -0.39 is 0 Å². The fraction of sp³-hybridized carbons (Fsp3) is 0.571. The molecule has 0 spiro atoms. The summed E-state index contributed by atoms with van der Waals surface area (Å²) in [4.78, 5) is 14.2. The molecule has 0 bridgehead atoms. The van der Waals surface area contributed by atoms with Crippen molar-refractivity contribution in [1.82, 2.24) is 5.43 Å². The number of hydrogen-bond donors (Lipinski definition) is 1. The Morgan fingerprint density at radius 3 is 2.82 bits per heavy atom. The highest BCUT2D eigenvalue weighted by molar-refractivity contribution is 5.80. The quantitative estimate of drug-likeness (QED) is 0.469. The Labute approximate surface area is 66.4 Å². The number of aliphatic imine (C=N–C) groups is 1. The van der Waals surface area contributed by atoms with Crippen molar-refractivity contribution in [3.05, 3.63) is 0 Å². The van der Waals surface area contributed by atoms with Gasteiger partial charge in [0.1, 0.15) is 0 Å². The molecule has 0 aromatic heterocycles. The van der Waals surface area contributed by atoms with E-state index in [1.165, 1.54) is 6.92 Å². The summed E-state index contributed by atoms with van der Waals surface area (Å²) in [5, 5.41) is 3.63. The minimum atomic E-state index is -0.159. The van der Waals surface area contributed by atoms with Gasteiger partial charge < -0.3 is 0 Å². The molecular weight excluding hydrogens is 142 g/mol. The number of carbonyl (C=O) groups excluding carboxylic acids is 1. The number of hydrazone groups is 1. The normalized spacial score (nSPS) is 11.1. The van der Waals surface area contributed by atoms with Crippen LogP contribution in [0.3, 0.4) is 0 Å². The highest BCUT2D eigenvalue weighted by Gasteiger charge is 1.80. The Morgan fingerprint density at radius 1 is 1.55 bits per heavy atom. The lowest BCUT2D eigenvalue weighted by atomic mass is 10.5. The summed E-state index contributed by atoms with van der Waals surface area (Å²) in [5.41, 5.74) is 2.29. The third-order valence-electron chi connectivity index (χ3n) is 0.836. The number of hydrogen-bond acceptors (Lipinski definition) is 3. The maximum absolute atomic E-state index is 10.3. The zero-order valence-corrected chi connectivity index (χ0v) is 6.87. The highest BCUT2D eigenvalue weighted by atomic mass is 16.2. The second-order valence-electron chi connectivity index (χ2n) is 1.90. The Kier molecular flexibility index (Phi) is 6.17. The van der Waals surface area contributed by atoms with Gasteiger partial charge in [-0.05, 0) is 6.92 Å². The second kappa shape index (κ2) is 6.92. The maximum Gasteiger partial charge on any atom is 0.236 e. The van der Waals surface area contributed by atoms with Crippen molar-refractivity contribution in [2.24, 2.45) is 10.1 Å². The van der Waals surface area contributed by atoms with Crippen LogP contribution >= 0.6 is 0 Å². The van der Waals surface area contributed by atoms with Crippen molar-refractivity contribution >= 4 is 18.3 Å². The van der Waals surface area contributed by atoms with Crippen LogP contribution in [-0.4, -0.2) is 24.9 Å². The van der Waals surface area contributed by atoms with E-state index in [4.69, 9.17) is 0 Å². The molecule has 0 unspecified atom stereocenters. The molecule has 1 N–H and O–H groups in total. The zero-order valence-electron chi connectivity index (χ0n) is 6.87. The Morgan fingerprint density at radius 2 is 2.27 bits per heavy atom. The fourth-order valence-electron chi connectivity index (χ4n) is 0.440. The lowest BCUT2D eigenvalue weighted by Gasteiger charge is -1.87. The van der Waals surface area contributed by atoms with Crippen molar-refractivity contribution in [2.75, 3.05) is 6.54 Å². The highest BCUT2D eigenvalue weighted by Crippen LogP contribution is 1.69. The molecule has 0 aromatic rings. The van der Waals surface area contributed by atoms with Gasteiger partial charge in [-0.3, -0.25) is 9.79 Å². The second-order valence-corrected chi connectivity index (χ2v) is 1.90. The van der Waals surface area contributed by atoms with Gasteiger partial charge in [-0.1, -0.05) is 0 Å². The van der Waals surface area contributed by atoms with Crippen LogP contribution in [0, 0.1) is 0 Å². The van der Waals surface area contributed by atoms with Gasteiger partial charge in [0.2, 0.25) is 5.91 Å². The number of nitrogens with zero attached hydrogens (tertiary/aromatic N) is 2. The fourth-order valence-corrected chi connectivity index (χ4v) is 0.440. The summed E-state index contributed by atoms with van der Waals surface area (Å²) in [6.45, 7) is 4.16.